The minimum Gasteiger partial charge on any atom is -0.368 e. The van der Waals surface area contributed by atoms with Gasteiger partial charge in [-0.1, -0.05) is 35.5 Å². The van der Waals surface area contributed by atoms with Crippen LogP contribution in [0.15, 0.2) is 34.9 Å². The first-order chi connectivity index (χ1) is 8.92. The number of hydrogen-bond acceptors (Lipinski definition) is 4. The van der Waals surface area contributed by atoms with Crippen molar-refractivity contribution in [2.24, 2.45) is 0 Å². The lowest BCUT2D eigenvalue weighted by atomic mass is 10.1. The molecule has 1 aliphatic heterocycles. The molecule has 4 heteroatoms. The number of nitrogens with zero attached hydrogens (tertiary/aromatic N) is 2. The van der Waals surface area contributed by atoms with Gasteiger partial charge in [-0.05, 0) is 24.8 Å². The van der Waals surface area contributed by atoms with Gasteiger partial charge >= 0.3 is 0 Å². The molecule has 0 unspecified atom stereocenters. The molecule has 0 saturated carbocycles. The zero-order chi connectivity index (χ0) is 12.2. The zero-order valence-corrected chi connectivity index (χ0v) is 10.2. The fraction of sp³-hybridized carbons (Fsp3) is 0.429. The van der Waals surface area contributed by atoms with Gasteiger partial charge in [-0.25, -0.2) is 0 Å². The van der Waals surface area contributed by atoms with Crippen molar-refractivity contribution in [2.45, 2.75) is 31.8 Å². The van der Waals surface area contributed by atoms with Crippen LogP contribution in [-0.2, 0) is 17.6 Å². The van der Waals surface area contributed by atoms with Crippen molar-refractivity contribution in [2.75, 3.05) is 6.61 Å². The minimum absolute atomic E-state index is 0.0166. The van der Waals surface area contributed by atoms with E-state index in [9.17, 15) is 0 Å². The van der Waals surface area contributed by atoms with Gasteiger partial charge < -0.3 is 9.26 Å². The van der Waals surface area contributed by atoms with Crippen LogP contribution in [-0.4, -0.2) is 16.7 Å². The zero-order valence-electron chi connectivity index (χ0n) is 10.2. The first-order valence-electron chi connectivity index (χ1n) is 6.40. The molecule has 4 nitrogen and oxygen atoms in total. The monoisotopic (exact) mass is 244 g/mol. The van der Waals surface area contributed by atoms with Gasteiger partial charge in [0.25, 0.3) is 5.89 Å². The summed E-state index contributed by atoms with van der Waals surface area (Å²) in [5, 5.41) is 4.01. The van der Waals surface area contributed by atoms with Crippen LogP contribution in [0.2, 0.25) is 0 Å². The van der Waals surface area contributed by atoms with Crippen LogP contribution in [0.5, 0.6) is 0 Å². The summed E-state index contributed by atoms with van der Waals surface area (Å²) in [7, 11) is 0. The van der Waals surface area contributed by atoms with Gasteiger partial charge in [-0.3, -0.25) is 0 Å². The molecule has 2 aromatic rings. The molecule has 3 rings (SSSR count). The summed E-state index contributed by atoms with van der Waals surface area (Å²) in [6, 6.07) is 10.3. The molecule has 0 aliphatic carbocycles. The Balaban J connectivity index is 1.60. The maximum absolute atomic E-state index is 5.52. The van der Waals surface area contributed by atoms with Crippen molar-refractivity contribution in [3.8, 4) is 0 Å². The van der Waals surface area contributed by atoms with E-state index in [1.807, 2.05) is 18.2 Å². The first kappa shape index (κ1) is 11.4. The standard InChI is InChI=1S/C14H16N2O2/c1-2-5-11(6-3-1)8-9-13-15-14(18-16-13)12-7-4-10-17-12/h1-3,5-6,12H,4,7-10H2/t12-/m0/s1. The molecule has 0 radical (unpaired) electrons. The largest absolute Gasteiger partial charge is 0.368 e. The van der Waals surface area contributed by atoms with Gasteiger partial charge in [0.1, 0.15) is 6.10 Å². The second-order valence-corrected chi connectivity index (χ2v) is 4.54. The van der Waals surface area contributed by atoms with Crippen molar-refractivity contribution >= 4 is 0 Å². The molecule has 1 aliphatic rings. The predicted octanol–water partition coefficient (Wildman–Crippen LogP) is 2.71. The molecule has 1 atom stereocenters. The van der Waals surface area contributed by atoms with E-state index in [1.54, 1.807) is 0 Å². The Morgan fingerprint density at radius 3 is 2.83 bits per heavy atom. The highest BCUT2D eigenvalue weighted by Gasteiger charge is 2.23. The van der Waals surface area contributed by atoms with E-state index in [1.165, 1.54) is 5.56 Å². The molecule has 1 aromatic carbocycles. The SMILES string of the molecule is c1ccc(CCc2noc([C@@H]3CCCO3)n2)cc1. The number of aryl methyl sites for hydroxylation is 2. The molecule has 0 N–H and O–H groups in total. The van der Waals surface area contributed by atoms with Crippen molar-refractivity contribution in [3.05, 3.63) is 47.6 Å². The second kappa shape index (κ2) is 5.31. The number of rotatable bonds is 4. The molecular weight excluding hydrogens is 228 g/mol. The quantitative estimate of drug-likeness (QED) is 0.829. The van der Waals surface area contributed by atoms with Crippen LogP contribution >= 0.6 is 0 Å². The smallest absolute Gasteiger partial charge is 0.255 e. The summed E-state index contributed by atoms with van der Waals surface area (Å²) in [6.45, 7) is 0.798. The molecule has 18 heavy (non-hydrogen) atoms. The fourth-order valence-corrected chi connectivity index (χ4v) is 2.17. The van der Waals surface area contributed by atoms with Crippen LogP contribution in [0.1, 0.15) is 36.2 Å². The highest BCUT2D eigenvalue weighted by atomic mass is 16.5. The van der Waals surface area contributed by atoms with Gasteiger partial charge in [0.05, 0.1) is 0 Å². The van der Waals surface area contributed by atoms with E-state index < -0.39 is 0 Å². The summed E-state index contributed by atoms with van der Waals surface area (Å²) in [5.74, 6) is 1.40. The van der Waals surface area contributed by atoms with Gasteiger partial charge in [0.15, 0.2) is 5.82 Å². The number of aromatic nitrogens is 2. The third-order valence-corrected chi connectivity index (χ3v) is 3.17. The molecule has 1 fully saturated rings. The van der Waals surface area contributed by atoms with Crippen molar-refractivity contribution in [3.63, 3.8) is 0 Å². The molecule has 0 spiro atoms. The Morgan fingerprint density at radius 2 is 2.06 bits per heavy atom. The summed E-state index contributed by atoms with van der Waals surface area (Å²) in [6.07, 6.45) is 3.82. The van der Waals surface area contributed by atoms with E-state index >= 15 is 0 Å². The summed E-state index contributed by atoms with van der Waals surface area (Å²) in [5.41, 5.74) is 1.29. The van der Waals surface area contributed by atoms with Gasteiger partial charge in [-0.2, -0.15) is 4.98 Å². The summed E-state index contributed by atoms with van der Waals surface area (Å²) in [4.78, 5) is 4.40. The summed E-state index contributed by atoms with van der Waals surface area (Å²) < 4.78 is 10.8. The third-order valence-electron chi connectivity index (χ3n) is 3.17. The van der Waals surface area contributed by atoms with Crippen LogP contribution in [0.25, 0.3) is 0 Å². The van der Waals surface area contributed by atoms with Gasteiger partial charge in [0, 0.05) is 13.0 Å². The Hall–Kier alpha value is -1.68. The Kier molecular flexibility index (Phi) is 3.37. The number of ether oxygens (including phenoxy) is 1. The predicted molar refractivity (Wildman–Crippen MR) is 66.1 cm³/mol. The molecule has 1 aromatic heterocycles. The van der Waals surface area contributed by atoms with Crippen LogP contribution in [0, 0.1) is 0 Å². The molecule has 94 valence electrons. The van der Waals surface area contributed by atoms with Crippen LogP contribution in [0.3, 0.4) is 0 Å². The van der Waals surface area contributed by atoms with E-state index in [0.717, 1.165) is 38.1 Å². The fourth-order valence-electron chi connectivity index (χ4n) is 2.17. The van der Waals surface area contributed by atoms with E-state index in [0.29, 0.717) is 5.89 Å². The van der Waals surface area contributed by atoms with E-state index in [-0.39, 0.29) is 6.10 Å². The Labute approximate surface area is 106 Å². The van der Waals surface area contributed by atoms with Crippen LogP contribution < -0.4 is 0 Å². The van der Waals surface area contributed by atoms with Crippen molar-refractivity contribution < 1.29 is 9.26 Å². The second-order valence-electron chi connectivity index (χ2n) is 4.54. The van der Waals surface area contributed by atoms with Gasteiger partial charge in [-0.15, -0.1) is 0 Å². The van der Waals surface area contributed by atoms with E-state index in [4.69, 9.17) is 9.26 Å². The molecule has 0 amide bonds. The third kappa shape index (κ3) is 2.59. The van der Waals surface area contributed by atoms with Crippen molar-refractivity contribution in [1.82, 2.24) is 10.1 Å². The lowest BCUT2D eigenvalue weighted by Crippen LogP contribution is -1.97. The van der Waals surface area contributed by atoms with E-state index in [2.05, 4.69) is 22.3 Å². The average Bonchev–Trinajstić information content (AvgIpc) is 3.08. The van der Waals surface area contributed by atoms with Gasteiger partial charge in [0.2, 0.25) is 0 Å². The lowest BCUT2D eigenvalue weighted by molar-refractivity contribution is 0.0835. The number of hydrogen-bond donors (Lipinski definition) is 0. The number of benzene rings is 1. The summed E-state index contributed by atoms with van der Waals surface area (Å²) >= 11 is 0. The topological polar surface area (TPSA) is 48.2 Å². The first-order valence-corrected chi connectivity index (χ1v) is 6.40. The Bertz CT molecular complexity index is 490. The van der Waals surface area contributed by atoms with Crippen molar-refractivity contribution in [1.29, 1.82) is 0 Å². The molecule has 1 saturated heterocycles. The molecule has 0 bridgehead atoms. The average molecular weight is 244 g/mol. The molecule has 2 heterocycles. The normalized spacial score (nSPS) is 19.2. The maximum Gasteiger partial charge on any atom is 0.255 e. The lowest BCUT2D eigenvalue weighted by Gasteiger charge is -2.00. The highest BCUT2D eigenvalue weighted by molar-refractivity contribution is 5.15. The molecular formula is C14H16N2O2. The minimum atomic E-state index is 0.0166. The highest BCUT2D eigenvalue weighted by Crippen LogP contribution is 2.26. The van der Waals surface area contributed by atoms with Crippen LogP contribution in [0.4, 0.5) is 0 Å². The maximum atomic E-state index is 5.52. The Morgan fingerprint density at radius 1 is 1.17 bits per heavy atom.